The fourth-order valence-corrected chi connectivity index (χ4v) is 2.40. The largest absolute Gasteiger partial charge is 0.480 e. The summed E-state index contributed by atoms with van der Waals surface area (Å²) in [6, 6.07) is 7.45. The van der Waals surface area contributed by atoms with Gasteiger partial charge < -0.3 is 10.0 Å². The van der Waals surface area contributed by atoms with Gasteiger partial charge in [-0.05, 0) is 25.3 Å². The molecule has 0 bridgehead atoms. The second-order valence-electron chi connectivity index (χ2n) is 5.86. The number of halogens is 1. The van der Waals surface area contributed by atoms with Crippen molar-refractivity contribution < 1.29 is 14.7 Å². The van der Waals surface area contributed by atoms with Gasteiger partial charge in [0.15, 0.2) is 0 Å². The SMILES string of the molecule is CCCC(NCC(=O)N(CCC)Cc1ccc(C)cc1)C(=O)O.Cl. The van der Waals surface area contributed by atoms with Crippen molar-refractivity contribution in [3.05, 3.63) is 35.4 Å². The van der Waals surface area contributed by atoms with E-state index in [0.29, 0.717) is 19.5 Å². The van der Waals surface area contributed by atoms with E-state index in [9.17, 15) is 9.59 Å². The van der Waals surface area contributed by atoms with Gasteiger partial charge in [-0.2, -0.15) is 0 Å². The molecule has 1 aromatic rings. The monoisotopic (exact) mass is 356 g/mol. The van der Waals surface area contributed by atoms with E-state index in [1.165, 1.54) is 5.56 Å². The number of carboxylic acids is 1. The Labute approximate surface area is 150 Å². The molecule has 1 atom stereocenters. The van der Waals surface area contributed by atoms with Crippen molar-refractivity contribution in [2.45, 2.75) is 52.6 Å². The molecule has 0 aromatic heterocycles. The van der Waals surface area contributed by atoms with Crippen molar-refractivity contribution >= 4 is 24.3 Å². The summed E-state index contributed by atoms with van der Waals surface area (Å²) < 4.78 is 0. The number of benzene rings is 1. The Morgan fingerprint density at radius 3 is 2.29 bits per heavy atom. The molecule has 2 N–H and O–H groups in total. The molecule has 0 aliphatic rings. The van der Waals surface area contributed by atoms with E-state index < -0.39 is 12.0 Å². The van der Waals surface area contributed by atoms with E-state index in [1.807, 2.05) is 45.0 Å². The molecule has 0 spiro atoms. The topological polar surface area (TPSA) is 69.6 Å². The zero-order valence-corrected chi connectivity index (χ0v) is 15.6. The second-order valence-corrected chi connectivity index (χ2v) is 5.86. The van der Waals surface area contributed by atoms with Gasteiger partial charge in [0.2, 0.25) is 5.91 Å². The lowest BCUT2D eigenvalue weighted by atomic mass is 10.1. The summed E-state index contributed by atoms with van der Waals surface area (Å²) in [6.07, 6.45) is 2.16. The van der Waals surface area contributed by atoms with Crippen LogP contribution < -0.4 is 5.32 Å². The van der Waals surface area contributed by atoms with Gasteiger partial charge in [0.1, 0.15) is 6.04 Å². The van der Waals surface area contributed by atoms with Crippen LogP contribution in [0, 0.1) is 6.92 Å². The highest BCUT2D eigenvalue weighted by atomic mass is 35.5. The minimum absolute atomic E-state index is 0. The van der Waals surface area contributed by atoms with Crippen LogP contribution in [-0.2, 0) is 16.1 Å². The smallest absolute Gasteiger partial charge is 0.320 e. The van der Waals surface area contributed by atoms with Crippen molar-refractivity contribution in [2.75, 3.05) is 13.1 Å². The molecule has 1 rings (SSSR count). The summed E-state index contributed by atoms with van der Waals surface area (Å²) in [5, 5.41) is 12.0. The maximum atomic E-state index is 12.4. The maximum absolute atomic E-state index is 12.4. The highest BCUT2D eigenvalue weighted by Crippen LogP contribution is 2.08. The first-order valence-electron chi connectivity index (χ1n) is 8.27. The Hall–Kier alpha value is -1.59. The number of carbonyl (C=O) groups excluding carboxylic acids is 1. The van der Waals surface area contributed by atoms with Crippen LogP contribution in [0.15, 0.2) is 24.3 Å². The molecule has 0 heterocycles. The molecule has 5 nitrogen and oxygen atoms in total. The molecule has 1 aromatic carbocycles. The third-order valence-electron chi connectivity index (χ3n) is 3.72. The van der Waals surface area contributed by atoms with Gasteiger partial charge in [-0.1, -0.05) is 50.1 Å². The molecule has 0 aliphatic carbocycles. The Bertz CT molecular complexity index is 505. The zero-order chi connectivity index (χ0) is 17.2. The molecular weight excluding hydrogens is 328 g/mol. The van der Waals surface area contributed by atoms with Crippen molar-refractivity contribution in [1.29, 1.82) is 0 Å². The van der Waals surface area contributed by atoms with Gasteiger partial charge in [0, 0.05) is 13.1 Å². The molecule has 0 saturated heterocycles. The van der Waals surface area contributed by atoms with E-state index in [1.54, 1.807) is 4.90 Å². The first kappa shape index (κ1) is 22.4. The van der Waals surface area contributed by atoms with E-state index >= 15 is 0 Å². The summed E-state index contributed by atoms with van der Waals surface area (Å²) in [5.74, 6) is -0.963. The van der Waals surface area contributed by atoms with Gasteiger partial charge in [-0.3, -0.25) is 14.9 Å². The predicted molar refractivity (Wildman–Crippen MR) is 98.5 cm³/mol. The Morgan fingerprint density at radius 1 is 1.17 bits per heavy atom. The van der Waals surface area contributed by atoms with Crippen LogP contribution >= 0.6 is 12.4 Å². The molecule has 0 fully saturated rings. The lowest BCUT2D eigenvalue weighted by molar-refractivity contribution is -0.140. The van der Waals surface area contributed by atoms with Crippen LogP contribution in [0.4, 0.5) is 0 Å². The lowest BCUT2D eigenvalue weighted by Gasteiger charge is -2.23. The summed E-state index contributed by atoms with van der Waals surface area (Å²) in [6.45, 7) is 7.27. The average Bonchev–Trinajstić information content (AvgIpc) is 2.52. The number of aliphatic carboxylic acids is 1. The number of carbonyl (C=O) groups is 2. The van der Waals surface area contributed by atoms with Crippen molar-refractivity contribution in [3.8, 4) is 0 Å². The van der Waals surface area contributed by atoms with Gasteiger partial charge in [-0.15, -0.1) is 12.4 Å². The molecule has 24 heavy (non-hydrogen) atoms. The molecule has 0 radical (unpaired) electrons. The minimum atomic E-state index is -0.903. The Morgan fingerprint density at radius 2 is 1.79 bits per heavy atom. The Kier molecular flexibility index (Phi) is 11.1. The summed E-state index contributed by atoms with van der Waals surface area (Å²) >= 11 is 0. The summed E-state index contributed by atoms with van der Waals surface area (Å²) in [5.41, 5.74) is 2.27. The van der Waals surface area contributed by atoms with Gasteiger partial charge in [0.05, 0.1) is 6.54 Å². The van der Waals surface area contributed by atoms with Crippen molar-refractivity contribution in [2.24, 2.45) is 0 Å². The quantitative estimate of drug-likeness (QED) is 0.676. The van der Waals surface area contributed by atoms with E-state index in [2.05, 4.69) is 5.32 Å². The standard InChI is InChI=1S/C18H28N2O3.ClH/c1-4-6-16(18(22)23)19-12-17(21)20(11-5-2)13-15-9-7-14(3)8-10-15;/h7-10,16,19H,4-6,11-13H2,1-3H3,(H,22,23);1H. The maximum Gasteiger partial charge on any atom is 0.320 e. The van der Waals surface area contributed by atoms with E-state index in [4.69, 9.17) is 5.11 Å². The summed E-state index contributed by atoms with van der Waals surface area (Å²) in [4.78, 5) is 25.3. The molecule has 0 aliphatic heterocycles. The molecule has 0 saturated carbocycles. The van der Waals surface area contributed by atoms with Crippen LogP contribution in [0.25, 0.3) is 0 Å². The van der Waals surface area contributed by atoms with Gasteiger partial charge >= 0.3 is 5.97 Å². The number of amides is 1. The number of nitrogens with one attached hydrogen (secondary N) is 1. The third kappa shape index (κ3) is 7.79. The van der Waals surface area contributed by atoms with Crippen LogP contribution in [0.1, 0.15) is 44.2 Å². The number of hydrogen-bond acceptors (Lipinski definition) is 3. The fourth-order valence-electron chi connectivity index (χ4n) is 2.40. The average molecular weight is 357 g/mol. The van der Waals surface area contributed by atoms with Gasteiger partial charge in [-0.25, -0.2) is 0 Å². The first-order chi connectivity index (χ1) is 11.0. The highest BCUT2D eigenvalue weighted by Gasteiger charge is 2.19. The van der Waals surface area contributed by atoms with E-state index in [0.717, 1.165) is 18.4 Å². The number of carboxylic acid groups (broad SMARTS) is 1. The number of rotatable bonds is 10. The molecule has 1 amide bonds. The molecular formula is C18H29ClN2O3. The normalized spacial score (nSPS) is 11.5. The Balaban J connectivity index is 0.00000529. The van der Waals surface area contributed by atoms with Crippen LogP contribution in [-0.4, -0.2) is 41.0 Å². The van der Waals surface area contributed by atoms with Crippen LogP contribution in [0.5, 0.6) is 0 Å². The first-order valence-corrected chi connectivity index (χ1v) is 8.27. The van der Waals surface area contributed by atoms with Gasteiger partial charge in [0.25, 0.3) is 0 Å². The minimum Gasteiger partial charge on any atom is -0.480 e. The predicted octanol–water partition coefficient (Wildman–Crippen LogP) is 3.00. The zero-order valence-electron chi connectivity index (χ0n) is 14.7. The lowest BCUT2D eigenvalue weighted by Crippen LogP contribution is -2.44. The second kappa shape index (κ2) is 11.9. The van der Waals surface area contributed by atoms with E-state index in [-0.39, 0.29) is 24.9 Å². The fraction of sp³-hybridized carbons (Fsp3) is 0.556. The number of hydrogen-bond donors (Lipinski definition) is 2. The van der Waals surface area contributed by atoms with Crippen LogP contribution in [0.3, 0.4) is 0 Å². The molecule has 6 heteroatoms. The van der Waals surface area contributed by atoms with Crippen molar-refractivity contribution in [1.82, 2.24) is 10.2 Å². The third-order valence-corrected chi connectivity index (χ3v) is 3.72. The summed E-state index contributed by atoms with van der Waals surface area (Å²) in [7, 11) is 0. The van der Waals surface area contributed by atoms with Crippen molar-refractivity contribution in [3.63, 3.8) is 0 Å². The highest BCUT2D eigenvalue weighted by molar-refractivity contribution is 5.85. The molecule has 1 unspecified atom stereocenters. The molecule has 136 valence electrons. The number of aryl methyl sites for hydroxylation is 1. The number of nitrogens with zero attached hydrogens (tertiary/aromatic N) is 1. The van der Waals surface area contributed by atoms with Crippen LogP contribution in [0.2, 0.25) is 0 Å².